The van der Waals surface area contributed by atoms with Crippen molar-refractivity contribution in [1.29, 1.82) is 0 Å². The number of thiophene rings is 1. The summed E-state index contributed by atoms with van der Waals surface area (Å²) in [5.74, 6) is -1.96. The second kappa shape index (κ2) is 8.80. The fourth-order valence-corrected chi connectivity index (χ4v) is 3.58. The molecule has 3 nitrogen and oxygen atoms in total. The summed E-state index contributed by atoms with van der Waals surface area (Å²) >= 11 is 1.48. The maximum Gasteiger partial charge on any atom is 0.165 e. The van der Waals surface area contributed by atoms with E-state index in [0.29, 0.717) is 0 Å². The Balaban J connectivity index is 0.00000132. The molecule has 3 rings (SSSR count). The lowest BCUT2D eigenvalue weighted by atomic mass is 10.0. The monoisotopic (exact) mass is 382 g/mol. The number of nitrogens with one attached hydrogen (secondary N) is 1. The van der Waals surface area contributed by atoms with E-state index in [2.05, 4.69) is 10.2 Å². The topological polar surface area (TPSA) is 35.5 Å². The molecule has 8 heteroatoms. The standard InChI is InChI=1S/C15H16F2N2OS.2ClH/c16-10-3-4-11(17)15(20)13(10)14(12-2-1-9-21-12)19-7-5-18-6-8-19;;/h1-4,9,14,18,20H,5-8H2;2*1H/t14-;;/m1../s1. The zero-order valence-electron chi connectivity index (χ0n) is 12.2. The van der Waals surface area contributed by atoms with E-state index in [4.69, 9.17) is 0 Å². The van der Waals surface area contributed by atoms with E-state index in [9.17, 15) is 13.9 Å². The van der Waals surface area contributed by atoms with Gasteiger partial charge in [0.15, 0.2) is 11.6 Å². The number of aromatic hydroxyl groups is 1. The van der Waals surface area contributed by atoms with Crippen molar-refractivity contribution in [2.24, 2.45) is 0 Å². The molecule has 0 unspecified atom stereocenters. The Bertz CT molecular complexity index is 622. The van der Waals surface area contributed by atoms with Crippen LogP contribution in [0.5, 0.6) is 5.75 Å². The average molecular weight is 383 g/mol. The Morgan fingerprint density at radius 1 is 1.09 bits per heavy atom. The van der Waals surface area contributed by atoms with Crippen LogP contribution in [0.2, 0.25) is 0 Å². The Hall–Kier alpha value is -0.920. The summed E-state index contributed by atoms with van der Waals surface area (Å²) < 4.78 is 27.9. The lowest BCUT2D eigenvalue weighted by molar-refractivity contribution is 0.194. The van der Waals surface area contributed by atoms with Gasteiger partial charge in [-0.05, 0) is 23.6 Å². The van der Waals surface area contributed by atoms with Gasteiger partial charge >= 0.3 is 0 Å². The number of hydrogen-bond acceptors (Lipinski definition) is 4. The second-order valence-corrected chi connectivity index (χ2v) is 5.97. The summed E-state index contributed by atoms with van der Waals surface area (Å²) in [5, 5.41) is 15.2. The summed E-state index contributed by atoms with van der Waals surface area (Å²) in [6.45, 7) is 3.02. The lowest BCUT2D eigenvalue weighted by Gasteiger charge is -2.35. The minimum Gasteiger partial charge on any atom is -0.505 e. The highest BCUT2D eigenvalue weighted by atomic mass is 35.5. The molecule has 1 aliphatic rings. The molecule has 0 aliphatic carbocycles. The molecular weight excluding hydrogens is 365 g/mol. The number of piperazine rings is 1. The maximum absolute atomic E-state index is 14.3. The molecule has 1 atom stereocenters. The van der Waals surface area contributed by atoms with E-state index in [0.717, 1.165) is 43.2 Å². The van der Waals surface area contributed by atoms with Crippen molar-refractivity contribution in [1.82, 2.24) is 10.2 Å². The minimum atomic E-state index is -0.789. The van der Waals surface area contributed by atoms with Gasteiger partial charge in [-0.15, -0.1) is 36.2 Å². The molecule has 2 aromatic rings. The molecule has 1 aromatic carbocycles. The molecule has 0 bridgehead atoms. The Kier molecular flexibility index (Phi) is 7.70. The number of phenols is 1. The van der Waals surface area contributed by atoms with Crippen molar-refractivity contribution in [2.75, 3.05) is 26.2 Å². The van der Waals surface area contributed by atoms with E-state index in [1.807, 2.05) is 17.5 Å². The molecule has 1 fully saturated rings. The normalized spacial score (nSPS) is 16.3. The van der Waals surface area contributed by atoms with Gasteiger partial charge in [0.25, 0.3) is 0 Å². The van der Waals surface area contributed by atoms with Crippen molar-refractivity contribution in [2.45, 2.75) is 6.04 Å². The van der Waals surface area contributed by atoms with Crippen molar-refractivity contribution >= 4 is 36.2 Å². The number of rotatable bonds is 3. The van der Waals surface area contributed by atoms with Gasteiger partial charge in [0.05, 0.1) is 11.6 Å². The largest absolute Gasteiger partial charge is 0.505 e. The van der Waals surface area contributed by atoms with Gasteiger partial charge in [0.2, 0.25) is 0 Å². The summed E-state index contributed by atoms with van der Waals surface area (Å²) in [6, 6.07) is 5.35. The van der Waals surface area contributed by atoms with Crippen LogP contribution in [0.25, 0.3) is 0 Å². The van der Waals surface area contributed by atoms with Gasteiger partial charge in [-0.1, -0.05) is 6.07 Å². The number of benzene rings is 1. The number of hydrogen-bond donors (Lipinski definition) is 2. The van der Waals surface area contributed by atoms with Crippen molar-refractivity contribution in [3.63, 3.8) is 0 Å². The van der Waals surface area contributed by atoms with Crippen molar-refractivity contribution in [3.05, 3.63) is 51.7 Å². The highest BCUT2D eigenvalue weighted by Crippen LogP contribution is 2.39. The molecular formula is C15H18Cl2F2N2OS. The summed E-state index contributed by atoms with van der Waals surface area (Å²) in [5.41, 5.74) is 0.0272. The second-order valence-electron chi connectivity index (χ2n) is 5.00. The molecule has 128 valence electrons. The molecule has 23 heavy (non-hydrogen) atoms. The van der Waals surface area contributed by atoms with E-state index >= 15 is 0 Å². The lowest BCUT2D eigenvalue weighted by Crippen LogP contribution is -2.45. The fraction of sp³-hybridized carbons (Fsp3) is 0.333. The molecule has 0 radical (unpaired) electrons. The first-order valence-corrected chi connectivity index (χ1v) is 7.71. The van der Waals surface area contributed by atoms with Crippen LogP contribution >= 0.6 is 36.2 Å². The number of halogens is 4. The highest BCUT2D eigenvalue weighted by molar-refractivity contribution is 7.10. The number of nitrogens with zero attached hydrogens (tertiary/aromatic N) is 1. The average Bonchev–Trinajstić information content (AvgIpc) is 3.02. The Labute approximate surface area is 150 Å². The first-order chi connectivity index (χ1) is 10.2. The Morgan fingerprint density at radius 3 is 2.35 bits per heavy atom. The first-order valence-electron chi connectivity index (χ1n) is 6.83. The fourth-order valence-electron chi connectivity index (χ4n) is 2.71. The van der Waals surface area contributed by atoms with Gasteiger partial charge in [0, 0.05) is 31.1 Å². The van der Waals surface area contributed by atoms with E-state index < -0.39 is 23.4 Å². The molecule has 2 heterocycles. The SMILES string of the molecule is Cl.Cl.Oc1c(F)ccc(F)c1[C@@H](c1cccs1)N1CCNCC1. The van der Waals surface area contributed by atoms with Gasteiger partial charge in [-0.3, -0.25) is 4.90 Å². The predicted octanol–water partition coefficient (Wildman–Crippen LogP) is 3.57. The maximum atomic E-state index is 14.3. The third-order valence-corrected chi connectivity index (χ3v) is 4.64. The quantitative estimate of drug-likeness (QED) is 0.851. The summed E-state index contributed by atoms with van der Waals surface area (Å²) in [7, 11) is 0. The summed E-state index contributed by atoms with van der Waals surface area (Å²) in [4.78, 5) is 2.97. The molecule has 0 amide bonds. The molecule has 0 saturated carbocycles. The van der Waals surface area contributed by atoms with Crippen LogP contribution in [-0.2, 0) is 0 Å². The van der Waals surface area contributed by atoms with Gasteiger partial charge < -0.3 is 10.4 Å². The van der Waals surface area contributed by atoms with Crippen LogP contribution in [0.15, 0.2) is 29.6 Å². The van der Waals surface area contributed by atoms with Crippen LogP contribution < -0.4 is 5.32 Å². The van der Waals surface area contributed by atoms with Crippen LogP contribution in [0.1, 0.15) is 16.5 Å². The first kappa shape index (κ1) is 20.1. The zero-order valence-corrected chi connectivity index (χ0v) is 14.6. The summed E-state index contributed by atoms with van der Waals surface area (Å²) in [6.07, 6.45) is 0. The van der Waals surface area contributed by atoms with Gasteiger partial charge in [-0.2, -0.15) is 0 Å². The third-order valence-electron chi connectivity index (χ3n) is 3.72. The van der Waals surface area contributed by atoms with E-state index in [-0.39, 0.29) is 30.4 Å². The van der Waals surface area contributed by atoms with E-state index in [1.54, 1.807) is 0 Å². The Morgan fingerprint density at radius 2 is 1.74 bits per heavy atom. The van der Waals surface area contributed by atoms with Crippen LogP contribution in [-0.4, -0.2) is 36.2 Å². The molecule has 2 N–H and O–H groups in total. The van der Waals surface area contributed by atoms with Crippen LogP contribution in [0.3, 0.4) is 0 Å². The van der Waals surface area contributed by atoms with Crippen molar-refractivity contribution in [3.8, 4) is 5.75 Å². The number of phenolic OH excluding ortho intramolecular Hbond substituents is 1. The van der Waals surface area contributed by atoms with E-state index in [1.165, 1.54) is 11.3 Å². The van der Waals surface area contributed by atoms with Crippen LogP contribution in [0.4, 0.5) is 8.78 Å². The van der Waals surface area contributed by atoms with Gasteiger partial charge in [-0.25, -0.2) is 8.78 Å². The van der Waals surface area contributed by atoms with Gasteiger partial charge in [0.1, 0.15) is 5.82 Å². The molecule has 1 saturated heterocycles. The highest BCUT2D eigenvalue weighted by Gasteiger charge is 2.30. The zero-order chi connectivity index (χ0) is 14.8. The predicted molar refractivity (Wildman–Crippen MR) is 93.1 cm³/mol. The smallest absolute Gasteiger partial charge is 0.165 e. The molecule has 1 aromatic heterocycles. The minimum absolute atomic E-state index is 0. The third kappa shape index (κ3) is 4.14. The van der Waals surface area contributed by atoms with Crippen molar-refractivity contribution < 1.29 is 13.9 Å². The van der Waals surface area contributed by atoms with Crippen LogP contribution in [0, 0.1) is 11.6 Å². The molecule has 1 aliphatic heterocycles. The molecule has 0 spiro atoms.